The van der Waals surface area contributed by atoms with Gasteiger partial charge in [0.05, 0.1) is 32.1 Å². The van der Waals surface area contributed by atoms with E-state index in [4.69, 9.17) is 9.47 Å². The van der Waals surface area contributed by atoms with Crippen molar-refractivity contribution < 1.29 is 9.47 Å². The number of hydrogen-bond acceptors (Lipinski definition) is 4. The molecule has 0 spiro atoms. The van der Waals surface area contributed by atoms with E-state index in [-0.39, 0.29) is 5.41 Å². The van der Waals surface area contributed by atoms with Crippen LogP contribution in [0.15, 0.2) is 30.5 Å². The third kappa shape index (κ3) is 7.80. The average Bonchev–Trinajstić information content (AvgIpc) is 2.98. The lowest BCUT2D eigenvalue weighted by atomic mass is 9.91. The van der Waals surface area contributed by atoms with Crippen molar-refractivity contribution in [1.82, 2.24) is 15.0 Å². The Morgan fingerprint density at radius 3 is 2.12 bits per heavy atom. The smallest absolute Gasteiger partial charge is 0.0832 e. The first kappa shape index (κ1) is 19.6. The minimum Gasteiger partial charge on any atom is -0.377 e. The summed E-state index contributed by atoms with van der Waals surface area (Å²) in [6, 6.07) is 8.40. The van der Waals surface area contributed by atoms with E-state index in [9.17, 15) is 0 Å². The number of hydrogen-bond donors (Lipinski definition) is 0. The Morgan fingerprint density at radius 1 is 0.960 bits per heavy atom. The predicted molar refractivity (Wildman–Crippen MR) is 99.2 cm³/mol. The van der Waals surface area contributed by atoms with Gasteiger partial charge in [0, 0.05) is 12.8 Å². The maximum Gasteiger partial charge on any atom is 0.0832 e. The summed E-state index contributed by atoms with van der Waals surface area (Å²) in [5, 5.41) is 8.39. The van der Waals surface area contributed by atoms with Crippen LogP contribution in [-0.2, 0) is 35.7 Å². The summed E-state index contributed by atoms with van der Waals surface area (Å²) in [7, 11) is 0. The van der Waals surface area contributed by atoms with Crippen LogP contribution < -0.4 is 0 Å². The summed E-state index contributed by atoms with van der Waals surface area (Å²) in [4.78, 5) is 0. The van der Waals surface area contributed by atoms with E-state index in [0.717, 1.165) is 31.7 Å². The number of ether oxygens (including phenoxy) is 2. The van der Waals surface area contributed by atoms with Crippen molar-refractivity contribution in [3.05, 3.63) is 47.3 Å². The SMILES string of the molecule is CCCOCc1ccc(COCCn2cc(CC(C)(C)C)nn2)cc1. The van der Waals surface area contributed by atoms with Crippen molar-refractivity contribution in [3.8, 4) is 0 Å². The van der Waals surface area contributed by atoms with Crippen LogP contribution in [0.5, 0.6) is 0 Å². The van der Waals surface area contributed by atoms with Crippen molar-refractivity contribution in [1.29, 1.82) is 0 Å². The van der Waals surface area contributed by atoms with E-state index in [1.165, 1.54) is 11.1 Å². The van der Waals surface area contributed by atoms with Crippen molar-refractivity contribution >= 4 is 0 Å². The van der Waals surface area contributed by atoms with E-state index in [1.54, 1.807) is 0 Å². The maximum absolute atomic E-state index is 5.75. The Kier molecular flexibility index (Phi) is 7.59. The van der Waals surface area contributed by atoms with Crippen LogP contribution in [0.25, 0.3) is 0 Å². The average molecular weight is 345 g/mol. The zero-order chi connectivity index (χ0) is 18.1. The second-order valence-electron chi connectivity index (χ2n) is 7.63. The third-order valence-corrected chi connectivity index (χ3v) is 3.67. The summed E-state index contributed by atoms with van der Waals surface area (Å²) >= 11 is 0. The molecule has 1 aromatic heterocycles. The molecular formula is C20H31N3O2. The Morgan fingerprint density at radius 2 is 1.56 bits per heavy atom. The van der Waals surface area contributed by atoms with Crippen LogP contribution in [0, 0.1) is 5.41 Å². The molecule has 0 aliphatic heterocycles. The van der Waals surface area contributed by atoms with Crippen molar-refractivity contribution in [2.75, 3.05) is 13.2 Å². The molecule has 0 saturated heterocycles. The first-order valence-corrected chi connectivity index (χ1v) is 9.08. The lowest BCUT2D eigenvalue weighted by Gasteiger charge is -2.15. The molecule has 0 N–H and O–H groups in total. The predicted octanol–water partition coefficient (Wildman–Crippen LogP) is 4.01. The van der Waals surface area contributed by atoms with Gasteiger partial charge in [-0.05, 0) is 29.4 Å². The second kappa shape index (κ2) is 9.68. The lowest BCUT2D eigenvalue weighted by molar-refractivity contribution is 0.110. The number of nitrogens with zero attached hydrogens (tertiary/aromatic N) is 3. The third-order valence-electron chi connectivity index (χ3n) is 3.67. The van der Waals surface area contributed by atoms with Gasteiger partial charge in [-0.3, -0.25) is 0 Å². The van der Waals surface area contributed by atoms with Gasteiger partial charge in [0.15, 0.2) is 0 Å². The minimum atomic E-state index is 0.227. The Labute approximate surface area is 151 Å². The van der Waals surface area contributed by atoms with Gasteiger partial charge in [0.2, 0.25) is 0 Å². The summed E-state index contributed by atoms with van der Waals surface area (Å²) in [5.74, 6) is 0. The molecule has 0 aliphatic rings. The van der Waals surface area contributed by atoms with Gasteiger partial charge in [0.25, 0.3) is 0 Å². The molecule has 1 heterocycles. The molecule has 1 aromatic carbocycles. The molecule has 0 atom stereocenters. The molecular weight excluding hydrogens is 314 g/mol. The van der Waals surface area contributed by atoms with Crippen molar-refractivity contribution in [2.24, 2.45) is 5.41 Å². The van der Waals surface area contributed by atoms with E-state index in [0.29, 0.717) is 19.8 Å². The monoisotopic (exact) mass is 345 g/mol. The van der Waals surface area contributed by atoms with Crippen LogP contribution in [-0.4, -0.2) is 28.2 Å². The second-order valence-corrected chi connectivity index (χ2v) is 7.63. The fourth-order valence-corrected chi connectivity index (χ4v) is 2.49. The molecule has 0 radical (unpaired) electrons. The zero-order valence-corrected chi connectivity index (χ0v) is 16.0. The first-order chi connectivity index (χ1) is 12.0. The minimum absolute atomic E-state index is 0.227. The largest absolute Gasteiger partial charge is 0.377 e. The standard InChI is InChI=1S/C20H31N3O2/c1-5-11-24-15-17-6-8-18(9-7-17)16-25-12-10-23-14-19(21-22-23)13-20(2,3)4/h6-9,14H,5,10-13,15-16H2,1-4H3. The van der Waals surface area contributed by atoms with Gasteiger partial charge in [0.1, 0.15) is 0 Å². The normalized spacial score (nSPS) is 11.8. The fraction of sp³-hybridized carbons (Fsp3) is 0.600. The van der Waals surface area contributed by atoms with Crippen LogP contribution >= 0.6 is 0 Å². The number of aromatic nitrogens is 3. The molecule has 5 heteroatoms. The quantitative estimate of drug-likeness (QED) is 0.611. The van der Waals surface area contributed by atoms with Crippen molar-refractivity contribution in [2.45, 2.75) is 60.3 Å². The van der Waals surface area contributed by atoms with Gasteiger partial charge in [-0.1, -0.05) is 57.2 Å². The highest BCUT2D eigenvalue weighted by Gasteiger charge is 2.13. The lowest BCUT2D eigenvalue weighted by Crippen LogP contribution is -2.09. The molecule has 0 fully saturated rings. The Balaban J connectivity index is 1.67. The highest BCUT2D eigenvalue weighted by Crippen LogP contribution is 2.18. The molecule has 0 bridgehead atoms. The molecule has 2 aromatic rings. The van der Waals surface area contributed by atoms with E-state index >= 15 is 0 Å². The van der Waals surface area contributed by atoms with Crippen LogP contribution in [0.1, 0.15) is 50.9 Å². The van der Waals surface area contributed by atoms with Crippen LogP contribution in [0.3, 0.4) is 0 Å². The molecule has 5 nitrogen and oxygen atoms in total. The van der Waals surface area contributed by atoms with Gasteiger partial charge in [-0.25, -0.2) is 4.68 Å². The molecule has 2 rings (SSSR count). The number of rotatable bonds is 10. The molecule has 25 heavy (non-hydrogen) atoms. The van der Waals surface area contributed by atoms with Crippen molar-refractivity contribution in [3.63, 3.8) is 0 Å². The summed E-state index contributed by atoms with van der Waals surface area (Å²) in [5.41, 5.74) is 3.64. The van der Waals surface area contributed by atoms with Gasteiger partial charge >= 0.3 is 0 Å². The van der Waals surface area contributed by atoms with E-state index in [1.807, 2.05) is 10.9 Å². The van der Waals surface area contributed by atoms with Gasteiger partial charge in [-0.2, -0.15) is 0 Å². The summed E-state index contributed by atoms with van der Waals surface area (Å²) in [6.07, 6.45) is 4.00. The van der Waals surface area contributed by atoms with Gasteiger partial charge < -0.3 is 9.47 Å². The maximum atomic E-state index is 5.75. The topological polar surface area (TPSA) is 49.2 Å². The fourth-order valence-electron chi connectivity index (χ4n) is 2.49. The van der Waals surface area contributed by atoms with Crippen LogP contribution in [0.4, 0.5) is 0 Å². The van der Waals surface area contributed by atoms with Crippen LogP contribution in [0.2, 0.25) is 0 Å². The highest BCUT2D eigenvalue weighted by molar-refractivity contribution is 5.21. The Bertz CT molecular complexity index is 615. The first-order valence-electron chi connectivity index (χ1n) is 9.08. The molecule has 0 aliphatic carbocycles. The van der Waals surface area contributed by atoms with E-state index in [2.05, 4.69) is 62.3 Å². The van der Waals surface area contributed by atoms with E-state index < -0.39 is 0 Å². The molecule has 0 unspecified atom stereocenters. The van der Waals surface area contributed by atoms with Gasteiger partial charge in [-0.15, -0.1) is 5.10 Å². The zero-order valence-electron chi connectivity index (χ0n) is 16.0. The summed E-state index contributed by atoms with van der Waals surface area (Å²) < 4.78 is 13.2. The molecule has 0 amide bonds. The Hall–Kier alpha value is -1.72. The molecule has 0 saturated carbocycles. The molecule has 138 valence electrons. The summed E-state index contributed by atoms with van der Waals surface area (Å²) in [6.45, 7) is 12.2. The number of benzene rings is 1. The highest BCUT2D eigenvalue weighted by atomic mass is 16.5.